The molecule has 7 heteroatoms. The summed E-state index contributed by atoms with van der Waals surface area (Å²) < 4.78 is 5.78. The molecule has 0 spiro atoms. The smallest absolute Gasteiger partial charge is 0.253 e. The Hall–Kier alpha value is -1.63. The Bertz CT molecular complexity index is 621. The third kappa shape index (κ3) is 7.78. The number of likely N-dealkylation sites (tertiary alicyclic amines) is 1. The molecule has 1 fully saturated rings. The Morgan fingerprint density at radius 1 is 1.14 bits per heavy atom. The molecule has 1 saturated heterocycles. The highest BCUT2D eigenvalue weighted by Crippen LogP contribution is 2.17. The standard InChI is InChI=1S/C21H33N3O3.ClH/c1-21(2,3)15-23-19(25)16-5-7-17(8-6-16)20(26)24-12-9-18(10-13-24)27-14-4-11-22;/h5-8,18H,4,9-15,22H2,1-3H3,(H,23,25);1H. The second-order valence-electron chi connectivity index (χ2n) is 8.33. The Kier molecular flexibility index (Phi) is 9.93. The average Bonchev–Trinajstić information content (AvgIpc) is 2.66. The predicted molar refractivity (Wildman–Crippen MR) is 114 cm³/mol. The van der Waals surface area contributed by atoms with Crippen molar-refractivity contribution in [1.29, 1.82) is 0 Å². The number of halogens is 1. The van der Waals surface area contributed by atoms with Crippen molar-refractivity contribution in [2.24, 2.45) is 11.1 Å². The molecule has 3 N–H and O–H groups in total. The maximum atomic E-state index is 12.7. The van der Waals surface area contributed by atoms with Crippen LogP contribution in [0.3, 0.4) is 0 Å². The van der Waals surface area contributed by atoms with E-state index in [4.69, 9.17) is 10.5 Å². The number of hydrogen-bond acceptors (Lipinski definition) is 4. The van der Waals surface area contributed by atoms with Crippen molar-refractivity contribution >= 4 is 24.2 Å². The van der Waals surface area contributed by atoms with Gasteiger partial charge in [-0.05, 0) is 55.5 Å². The molecular formula is C21H34ClN3O3. The van der Waals surface area contributed by atoms with Crippen LogP contribution in [0, 0.1) is 5.41 Å². The van der Waals surface area contributed by atoms with E-state index >= 15 is 0 Å². The Labute approximate surface area is 174 Å². The fourth-order valence-electron chi connectivity index (χ4n) is 2.95. The molecular weight excluding hydrogens is 378 g/mol. The van der Waals surface area contributed by atoms with Gasteiger partial charge in [-0.15, -0.1) is 12.4 Å². The topological polar surface area (TPSA) is 84.7 Å². The summed E-state index contributed by atoms with van der Waals surface area (Å²) in [6.07, 6.45) is 2.79. The molecule has 0 aromatic heterocycles. The van der Waals surface area contributed by atoms with Crippen molar-refractivity contribution in [3.8, 4) is 0 Å². The number of rotatable bonds is 7. The van der Waals surface area contributed by atoms with E-state index in [0.29, 0.717) is 43.9 Å². The Morgan fingerprint density at radius 2 is 1.71 bits per heavy atom. The number of benzene rings is 1. The minimum atomic E-state index is -0.112. The zero-order valence-corrected chi connectivity index (χ0v) is 18.0. The molecule has 0 aliphatic carbocycles. The van der Waals surface area contributed by atoms with E-state index in [1.807, 2.05) is 4.90 Å². The molecule has 0 unspecified atom stereocenters. The maximum absolute atomic E-state index is 12.7. The first kappa shape index (κ1) is 24.4. The highest BCUT2D eigenvalue weighted by Gasteiger charge is 2.24. The van der Waals surface area contributed by atoms with Crippen molar-refractivity contribution in [1.82, 2.24) is 10.2 Å². The van der Waals surface area contributed by atoms with E-state index in [9.17, 15) is 9.59 Å². The number of nitrogens with one attached hydrogen (secondary N) is 1. The molecule has 2 rings (SSSR count). The molecule has 1 aliphatic heterocycles. The first-order chi connectivity index (χ1) is 12.8. The Morgan fingerprint density at radius 3 is 2.25 bits per heavy atom. The van der Waals surface area contributed by atoms with Crippen LogP contribution in [0.2, 0.25) is 0 Å². The van der Waals surface area contributed by atoms with Gasteiger partial charge >= 0.3 is 0 Å². The Balaban J connectivity index is 0.00000392. The van der Waals surface area contributed by atoms with Gasteiger partial charge in [0.15, 0.2) is 0 Å². The van der Waals surface area contributed by atoms with Crippen molar-refractivity contribution in [3.05, 3.63) is 35.4 Å². The average molecular weight is 412 g/mol. The van der Waals surface area contributed by atoms with Crippen molar-refractivity contribution in [3.63, 3.8) is 0 Å². The monoisotopic (exact) mass is 411 g/mol. The van der Waals surface area contributed by atoms with E-state index in [2.05, 4.69) is 26.1 Å². The van der Waals surface area contributed by atoms with Gasteiger partial charge in [0.1, 0.15) is 0 Å². The molecule has 1 aromatic rings. The van der Waals surface area contributed by atoms with Crippen LogP contribution in [-0.2, 0) is 4.74 Å². The number of amides is 2. The summed E-state index contributed by atoms with van der Waals surface area (Å²) in [5.74, 6) is -0.101. The van der Waals surface area contributed by atoms with Crippen LogP contribution >= 0.6 is 12.4 Å². The van der Waals surface area contributed by atoms with Gasteiger partial charge in [0.2, 0.25) is 0 Å². The van der Waals surface area contributed by atoms with E-state index in [1.165, 1.54) is 0 Å². The molecule has 0 bridgehead atoms. The van der Waals surface area contributed by atoms with Crippen molar-refractivity contribution in [2.75, 3.05) is 32.8 Å². The van der Waals surface area contributed by atoms with Gasteiger partial charge in [0.05, 0.1) is 6.10 Å². The van der Waals surface area contributed by atoms with Crippen LogP contribution in [0.5, 0.6) is 0 Å². The molecule has 0 saturated carbocycles. The minimum absolute atomic E-state index is 0. The maximum Gasteiger partial charge on any atom is 0.253 e. The summed E-state index contributed by atoms with van der Waals surface area (Å²) in [5, 5.41) is 2.92. The van der Waals surface area contributed by atoms with Gasteiger partial charge in [-0.1, -0.05) is 20.8 Å². The third-order valence-corrected chi connectivity index (χ3v) is 4.60. The third-order valence-electron chi connectivity index (χ3n) is 4.60. The number of nitrogens with zero attached hydrogens (tertiary/aromatic N) is 1. The van der Waals surface area contributed by atoms with Crippen LogP contribution in [0.1, 0.15) is 60.7 Å². The molecule has 0 radical (unpaired) electrons. The van der Waals surface area contributed by atoms with E-state index in [0.717, 1.165) is 19.3 Å². The summed E-state index contributed by atoms with van der Waals surface area (Å²) in [6.45, 7) is 9.54. The van der Waals surface area contributed by atoms with Crippen LogP contribution in [0.25, 0.3) is 0 Å². The van der Waals surface area contributed by atoms with Gasteiger partial charge in [0, 0.05) is 37.4 Å². The van der Waals surface area contributed by atoms with Gasteiger partial charge in [0.25, 0.3) is 11.8 Å². The molecule has 28 heavy (non-hydrogen) atoms. The molecule has 2 amide bonds. The number of piperidine rings is 1. The van der Waals surface area contributed by atoms with Crippen LogP contribution < -0.4 is 11.1 Å². The van der Waals surface area contributed by atoms with Crippen LogP contribution in [0.15, 0.2) is 24.3 Å². The van der Waals surface area contributed by atoms with Crippen molar-refractivity contribution in [2.45, 2.75) is 46.1 Å². The lowest BCUT2D eigenvalue weighted by molar-refractivity contribution is 0.00844. The SMILES string of the molecule is CC(C)(C)CNC(=O)c1ccc(C(=O)N2CCC(OCCCN)CC2)cc1.Cl. The minimum Gasteiger partial charge on any atom is -0.378 e. The lowest BCUT2D eigenvalue weighted by Gasteiger charge is -2.32. The van der Waals surface area contributed by atoms with Gasteiger partial charge in [-0.25, -0.2) is 0 Å². The number of carbonyl (C=O) groups is 2. The normalized spacial score (nSPS) is 15.1. The highest BCUT2D eigenvalue weighted by molar-refractivity contribution is 5.97. The quantitative estimate of drug-likeness (QED) is 0.675. The van der Waals surface area contributed by atoms with E-state index in [-0.39, 0.29) is 35.7 Å². The highest BCUT2D eigenvalue weighted by atomic mass is 35.5. The van der Waals surface area contributed by atoms with Crippen LogP contribution in [-0.4, -0.2) is 55.6 Å². The lowest BCUT2D eigenvalue weighted by atomic mass is 9.97. The molecule has 6 nitrogen and oxygen atoms in total. The summed E-state index contributed by atoms with van der Waals surface area (Å²) in [5.41, 5.74) is 6.70. The van der Waals surface area contributed by atoms with Crippen LogP contribution in [0.4, 0.5) is 0 Å². The number of ether oxygens (including phenoxy) is 1. The molecule has 158 valence electrons. The first-order valence-corrected chi connectivity index (χ1v) is 9.79. The first-order valence-electron chi connectivity index (χ1n) is 9.79. The summed E-state index contributed by atoms with van der Waals surface area (Å²) >= 11 is 0. The molecule has 0 atom stereocenters. The number of carbonyl (C=O) groups excluding carboxylic acids is 2. The second-order valence-corrected chi connectivity index (χ2v) is 8.33. The molecule has 1 heterocycles. The number of nitrogens with two attached hydrogens (primary N) is 1. The number of hydrogen-bond donors (Lipinski definition) is 2. The summed E-state index contributed by atoms with van der Waals surface area (Å²) in [7, 11) is 0. The second kappa shape index (κ2) is 11.4. The van der Waals surface area contributed by atoms with Gasteiger partial charge in [-0.3, -0.25) is 9.59 Å². The van der Waals surface area contributed by atoms with Gasteiger partial charge < -0.3 is 20.7 Å². The fourth-order valence-corrected chi connectivity index (χ4v) is 2.95. The van der Waals surface area contributed by atoms with Crippen molar-refractivity contribution < 1.29 is 14.3 Å². The zero-order chi connectivity index (χ0) is 19.9. The molecule has 1 aliphatic rings. The van der Waals surface area contributed by atoms with E-state index in [1.54, 1.807) is 24.3 Å². The van der Waals surface area contributed by atoms with Gasteiger partial charge in [-0.2, -0.15) is 0 Å². The zero-order valence-electron chi connectivity index (χ0n) is 17.2. The molecule has 1 aromatic carbocycles. The lowest BCUT2D eigenvalue weighted by Crippen LogP contribution is -2.41. The summed E-state index contributed by atoms with van der Waals surface area (Å²) in [4.78, 5) is 26.7. The van der Waals surface area contributed by atoms with E-state index < -0.39 is 0 Å². The fraction of sp³-hybridized carbons (Fsp3) is 0.619. The largest absolute Gasteiger partial charge is 0.378 e. The summed E-state index contributed by atoms with van der Waals surface area (Å²) in [6, 6.07) is 6.90. The predicted octanol–water partition coefficient (Wildman–Crippen LogP) is 2.85.